The Bertz CT molecular complexity index is 550. The lowest BCUT2D eigenvalue weighted by molar-refractivity contribution is 0.453. The monoisotopic (exact) mass is 269 g/mol. The van der Waals surface area contributed by atoms with Crippen molar-refractivity contribution in [1.29, 1.82) is 0 Å². The number of hydrogen-bond acceptors (Lipinski definition) is 4. The summed E-state index contributed by atoms with van der Waals surface area (Å²) in [7, 11) is -2.87. The van der Waals surface area contributed by atoms with Crippen molar-refractivity contribution in [3.05, 3.63) is 17.7 Å². The Morgan fingerprint density at radius 2 is 2.22 bits per heavy atom. The minimum Gasteiger partial charge on any atom is -0.333 e. The van der Waals surface area contributed by atoms with Crippen LogP contribution in [0.5, 0.6) is 0 Å². The summed E-state index contributed by atoms with van der Waals surface area (Å²) in [5, 5.41) is 0. The first-order chi connectivity index (χ1) is 8.53. The molecule has 0 saturated carbocycles. The summed E-state index contributed by atoms with van der Waals surface area (Å²) in [6.45, 7) is 0.807. The van der Waals surface area contributed by atoms with Gasteiger partial charge in [-0.1, -0.05) is 0 Å². The van der Waals surface area contributed by atoms with E-state index in [-0.39, 0.29) is 17.7 Å². The highest BCUT2D eigenvalue weighted by Crippen LogP contribution is 2.28. The first-order valence-corrected chi connectivity index (χ1v) is 8.37. The second-order valence-corrected chi connectivity index (χ2v) is 7.72. The van der Waals surface area contributed by atoms with E-state index in [1.807, 2.05) is 6.20 Å². The number of nitrogens with two attached hydrogens (primary N) is 1. The second-order valence-electron chi connectivity index (χ2n) is 5.49. The van der Waals surface area contributed by atoms with Gasteiger partial charge in [0, 0.05) is 31.1 Å². The Morgan fingerprint density at radius 1 is 1.39 bits per heavy atom. The fraction of sp³-hybridized carbons (Fsp3) is 0.750. The molecule has 3 heterocycles. The fourth-order valence-electron chi connectivity index (χ4n) is 2.95. The van der Waals surface area contributed by atoms with Gasteiger partial charge in [0.15, 0.2) is 9.84 Å². The number of fused-ring (bicyclic) bond motifs is 1. The minimum absolute atomic E-state index is 0.0816. The van der Waals surface area contributed by atoms with E-state index in [4.69, 9.17) is 5.73 Å². The number of aromatic nitrogens is 2. The van der Waals surface area contributed by atoms with Crippen molar-refractivity contribution in [3.8, 4) is 0 Å². The van der Waals surface area contributed by atoms with Crippen molar-refractivity contribution in [2.45, 2.75) is 44.2 Å². The smallest absolute Gasteiger partial charge is 0.150 e. The van der Waals surface area contributed by atoms with Crippen LogP contribution >= 0.6 is 0 Å². The van der Waals surface area contributed by atoms with Gasteiger partial charge in [-0.2, -0.15) is 0 Å². The Labute approximate surface area is 107 Å². The third kappa shape index (κ3) is 2.31. The van der Waals surface area contributed by atoms with E-state index in [0.717, 1.165) is 43.7 Å². The van der Waals surface area contributed by atoms with Crippen LogP contribution in [0.15, 0.2) is 6.20 Å². The van der Waals surface area contributed by atoms with Crippen LogP contribution in [-0.4, -0.2) is 35.5 Å². The van der Waals surface area contributed by atoms with Gasteiger partial charge >= 0.3 is 0 Å². The number of aryl methyl sites for hydroxylation is 1. The van der Waals surface area contributed by atoms with Gasteiger partial charge in [-0.3, -0.25) is 0 Å². The molecule has 0 radical (unpaired) electrons. The molecule has 0 spiro atoms. The van der Waals surface area contributed by atoms with E-state index in [2.05, 4.69) is 9.55 Å². The summed E-state index contributed by atoms with van der Waals surface area (Å²) >= 11 is 0. The highest BCUT2D eigenvalue weighted by molar-refractivity contribution is 7.91. The van der Waals surface area contributed by atoms with Crippen LogP contribution in [0.2, 0.25) is 0 Å². The minimum atomic E-state index is -2.87. The predicted molar refractivity (Wildman–Crippen MR) is 69.2 cm³/mol. The highest BCUT2D eigenvalue weighted by atomic mass is 32.2. The zero-order chi connectivity index (χ0) is 12.8. The summed E-state index contributed by atoms with van der Waals surface area (Å²) in [5.41, 5.74) is 6.88. The van der Waals surface area contributed by atoms with Crippen molar-refractivity contribution < 1.29 is 8.42 Å². The van der Waals surface area contributed by atoms with Gasteiger partial charge in [0.25, 0.3) is 0 Å². The molecule has 0 aliphatic carbocycles. The van der Waals surface area contributed by atoms with Crippen molar-refractivity contribution in [2.24, 2.45) is 5.73 Å². The van der Waals surface area contributed by atoms with Gasteiger partial charge in [-0.15, -0.1) is 0 Å². The molecule has 2 unspecified atom stereocenters. The van der Waals surface area contributed by atoms with Crippen LogP contribution in [0.4, 0.5) is 0 Å². The maximum atomic E-state index is 11.7. The third-order valence-corrected chi connectivity index (χ3v) is 5.75. The molecule has 0 amide bonds. The molecule has 6 heteroatoms. The van der Waals surface area contributed by atoms with Crippen LogP contribution in [0.3, 0.4) is 0 Å². The zero-order valence-electron chi connectivity index (χ0n) is 10.4. The van der Waals surface area contributed by atoms with Gasteiger partial charge in [-0.05, 0) is 19.3 Å². The standard InChI is InChI=1S/C12H19N3O2S/c13-10-3-4-12-14-11(7-15(12)6-10)9-2-1-5-18(16,17)8-9/h7,9-10H,1-6,8,13H2. The Kier molecular flexibility index (Phi) is 2.94. The average Bonchev–Trinajstić information content (AvgIpc) is 2.70. The lowest BCUT2D eigenvalue weighted by Gasteiger charge is -2.20. The quantitative estimate of drug-likeness (QED) is 0.803. The molecule has 1 aromatic rings. The second kappa shape index (κ2) is 4.35. The molecule has 1 fully saturated rings. The number of imidazole rings is 1. The predicted octanol–water partition coefficient (Wildman–Crippen LogP) is 0.449. The molecule has 2 aliphatic heterocycles. The van der Waals surface area contributed by atoms with Crippen molar-refractivity contribution in [1.82, 2.24) is 9.55 Å². The lowest BCUT2D eigenvalue weighted by Crippen LogP contribution is -2.31. The van der Waals surface area contributed by atoms with Gasteiger partial charge in [0.1, 0.15) is 5.82 Å². The van der Waals surface area contributed by atoms with Gasteiger partial charge < -0.3 is 10.3 Å². The fourth-order valence-corrected chi connectivity index (χ4v) is 4.67. The Morgan fingerprint density at radius 3 is 3.00 bits per heavy atom. The number of sulfone groups is 1. The largest absolute Gasteiger partial charge is 0.333 e. The molecule has 2 N–H and O–H groups in total. The molecule has 5 nitrogen and oxygen atoms in total. The van der Waals surface area contributed by atoms with E-state index in [1.54, 1.807) is 0 Å². The zero-order valence-corrected chi connectivity index (χ0v) is 11.2. The number of rotatable bonds is 1. The summed E-state index contributed by atoms with van der Waals surface area (Å²) in [5.74, 6) is 1.74. The molecule has 0 bridgehead atoms. The Hall–Kier alpha value is -0.880. The van der Waals surface area contributed by atoms with Crippen molar-refractivity contribution in [2.75, 3.05) is 11.5 Å². The molecule has 3 rings (SSSR count). The average molecular weight is 269 g/mol. The summed E-state index contributed by atoms with van der Waals surface area (Å²) in [4.78, 5) is 4.62. The molecule has 100 valence electrons. The molecule has 1 saturated heterocycles. The molecule has 2 atom stereocenters. The van der Waals surface area contributed by atoms with Crippen LogP contribution in [0.1, 0.15) is 36.7 Å². The maximum Gasteiger partial charge on any atom is 0.150 e. The molecular weight excluding hydrogens is 250 g/mol. The van der Waals surface area contributed by atoms with E-state index in [0.29, 0.717) is 5.75 Å². The topological polar surface area (TPSA) is 78.0 Å². The number of hydrogen-bond donors (Lipinski definition) is 1. The summed E-state index contributed by atoms with van der Waals surface area (Å²) in [6.07, 6.45) is 5.58. The van der Waals surface area contributed by atoms with Crippen LogP contribution < -0.4 is 5.73 Å². The first kappa shape index (κ1) is 12.2. The maximum absolute atomic E-state index is 11.7. The summed E-state index contributed by atoms with van der Waals surface area (Å²) in [6, 6.07) is 0.203. The first-order valence-electron chi connectivity index (χ1n) is 6.55. The normalized spacial score (nSPS) is 30.9. The lowest BCUT2D eigenvalue weighted by atomic mass is 10.0. The van der Waals surface area contributed by atoms with E-state index >= 15 is 0 Å². The van der Waals surface area contributed by atoms with Gasteiger partial charge in [0.2, 0.25) is 0 Å². The van der Waals surface area contributed by atoms with E-state index in [1.165, 1.54) is 0 Å². The summed E-state index contributed by atoms with van der Waals surface area (Å²) < 4.78 is 25.5. The molecule has 18 heavy (non-hydrogen) atoms. The highest BCUT2D eigenvalue weighted by Gasteiger charge is 2.29. The third-order valence-electron chi connectivity index (χ3n) is 3.93. The molecule has 0 aromatic carbocycles. The molecule has 1 aromatic heterocycles. The van der Waals surface area contributed by atoms with Crippen molar-refractivity contribution in [3.63, 3.8) is 0 Å². The molecular formula is C12H19N3O2S. The van der Waals surface area contributed by atoms with Crippen LogP contribution in [-0.2, 0) is 22.8 Å². The van der Waals surface area contributed by atoms with Crippen LogP contribution in [0, 0.1) is 0 Å². The van der Waals surface area contributed by atoms with E-state index < -0.39 is 9.84 Å². The number of nitrogens with zero attached hydrogens (tertiary/aromatic N) is 2. The SMILES string of the molecule is NC1CCc2nc(C3CCCS(=O)(=O)C3)cn2C1. The van der Waals surface area contributed by atoms with E-state index in [9.17, 15) is 8.42 Å². The Balaban J connectivity index is 1.85. The molecule has 2 aliphatic rings. The van der Waals surface area contributed by atoms with Gasteiger partial charge in [-0.25, -0.2) is 13.4 Å². The van der Waals surface area contributed by atoms with Gasteiger partial charge in [0.05, 0.1) is 17.2 Å². The van der Waals surface area contributed by atoms with Crippen molar-refractivity contribution >= 4 is 9.84 Å². The van der Waals surface area contributed by atoms with Crippen LogP contribution in [0.25, 0.3) is 0 Å².